The van der Waals surface area contributed by atoms with Crippen molar-refractivity contribution in [2.45, 2.75) is 37.5 Å². The summed E-state index contributed by atoms with van der Waals surface area (Å²) in [4.78, 5) is 0.0784. The van der Waals surface area contributed by atoms with Gasteiger partial charge in [0.2, 0.25) is 5.96 Å². The maximum Gasteiger partial charge on any atom is 0.285 e. The minimum Gasteiger partial charge on any atom is -0.354 e. The van der Waals surface area contributed by atoms with Crippen LogP contribution in [0.25, 0.3) is 0 Å². The monoisotopic (exact) mass is 368 g/mol. The Bertz CT molecular complexity index is 776. The molecular formula is C16H21ClN4O2S. The highest BCUT2D eigenvalue weighted by atomic mass is 35.5. The second-order valence-corrected chi connectivity index (χ2v) is 8.03. The molecule has 1 fully saturated rings. The van der Waals surface area contributed by atoms with Crippen LogP contribution in [0.1, 0.15) is 32.6 Å². The predicted molar refractivity (Wildman–Crippen MR) is 95.8 cm³/mol. The fraction of sp³-hybridized carbons (Fsp3) is 0.500. The van der Waals surface area contributed by atoms with Crippen molar-refractivity contribution >= 4 is 33.3 Å². The van der Waals surface area contributed by atoms with Gasteiger partial charge in [-0.15, -0.1) is 4.40 Å². The van der Waals surface area contributed by atoms with Gasteiger partial charge in [0.1, 0.15) is 0 Å². The van der Waals surface area contributed by atoms with Crippen molar-refractivity contribution in [3.8, 4) is 0 Å². The van der Waals surface area contributed by atoms with Crippen molar-refractivity contribution in [1.82, 2.24) is 10.3 Å². The lowest BCUT2D eigenvalue weighted by atomic mass is 9.88. The molecule has 1 aliphatic carbocycles. The Kier molecular flexibility index (Phi) is 5.10. The van der Waals surface area contributed by atoms with Crippen LogP contribution in [-0.2, 0) is 10.0 Å². The fourth-order valence-electron chi connectivity index (χ4n) is 3.06. The highest BCUT2D eigenvalue weighted by Gasteiger charge is 2.31. The number of rotatable bonds is 3. The van der Waals surface area contributed by atoms with E-state index in [1.54, 1.807) is 17.1 Å². The summed E-state index contributed by atoms with van der Waals surface area (Å²) in [6.07, 6.45) is 4.45. The minimum absolute atomic E-state index is 0.0784. The summed E-state index contributed by atoms with van der Waals surface area (Å²) in [7, 11) is -3.84. The SMILES string of the molecule is CCN/C(=N\S(=O)(=O)c1cccc(Cl)c1)N1CC2CCCCC2=N1. The van der Waals surface area contributed by atoms with E-state index in [1.807, 2.05) is 6.92 Å². The summed E-state index contributed by atoms with van der Waals surface area (Å²) in [5.41, 5.74) is 1.16. The average Bonchev–Trinajstić information content (AvgIpc) is 2.98. The second kappa shape index (κ2) is 7.11. The maximum atomic E-state index is 12.6. The molecule has 6 nitrogen and oxygen atoms in total. The molecule has 1 aliphatic heterocycles. The van der Waals surface area contributed by atoms with E-state index in [0.717, 1.165) is 25.0 Å². The van der Waals surface area contributed by atoms with Crippen LogP contribution < -0.4 is 5.32 Å². The summed E-state index contributed by atoms with van der Waals surface area (Å²) in [6, 6.07) is 6.12. The Balaban J connectivity index is 1.90. The molecule has 0 saturated heterocycles. The van der Waals surface area contributed by atoms with Crippen LogP contribution in [0.3, 0.4) is 0 Å². The van der Waals surface area contributed by atoms with Gasteiger partial charge in [-0.2, -0.15) is 13.5 Å². The largest absolute Gasteiger partial charge is 0.354 e. The van der Waals surface area contributed by atoms with E-state index in [9.17, 15) is 8.42 Å². The Morgan fingerprint density at radius 3 is 3.00 bits per heavy atom. The van der Waals surface area contributed by atoms with Gasteiger partial charge in [-0.05, 0) is 44.4 Å². The molecule has 3 rings (SSSR count). The van der Waals surface area contributed by atoms with Crippen LogP contribution in [0, 0.1) is 5.92 Å². The third kappa shape index (κ3) is 3.72. The molecule has 2 aliphatic rings. The Hall–Kier alpha value is -1.60. The summed E-state index contributed by atoms with van der Waals surface area (Å²) in [5.74, 6) is 0.691. The molecule has 1 aromatic rings. The fourth-order valence-corrected chi connectivity index (χ4v) is 4.33. The first-order valence-electron chi connectivity index (χ1n) is 8.19. The van der Waals surface area contributed by atoms with E-state index >= 15 is 0 Å². The van der Waals surface area contributed by atoms with Crippen LogP contribution in [0.4, 0.5) is 0 Å². The summed E-state index contributed by atoms with van der Waals surface area (Å²) < 4.78 is 29.1. The molecule has 130 valence electrons. The van der Waals surface area contributed by atoms with Gasteiger partial charge < -0.3 is 5.32 Å². The number of hydrogen-bond donors (Lipinski definition) is 1. The molecule has 0 spiro atoms. The van der Waals surface area contributed by atoms with Crippen molar-refractivity contribution in [2.75, 3.05) is 13.1 Å². The minimum atomic E-state index is -3.84. The Morgan fingerprint density at radius 1 is 1.46 bits per heavy atom. The first-order valence-corrected chi connectivity index (χ1v) is 10.0. The zero-order valence-corrected chi connectivity index (χ0v) is 15.1. The number of halogens is 1. The molecule has 8 heteroatoms. The van der Waals surface area contributed by atoms with Crippen LogP contribution in [0.5, 0.6) is 0 Å². The third-order valence-corrected chi connectivity index (χ3v) is 5.73. The van der Waals surface area contributed by atoms with E-state index < -0.39 is 10.0 Å². The molecule has 1 unspecified atom stereocenters. The molecule has 1 heterocycles. The molecule has 0 radical (unpaired) electrons. The van der Waals surface area contributed by atoms with E-state index in [-0.39, 0.29) is 10.9 Å². The van der Waals surface area contributed by atoms with Gasteiger partial charge in [-0.3, -0.25) is 0 Å². The van der Waals surface area contributed by atoms with Gasteiger partial charge in [-0.1, -0.05) is 24.1 Å². The standard InChI is InChI=1S/C16H21ClN4O2S/c1-2-18-16(21-11-12-6-3-4-9-15(12)19-21)20-24(22,23)14-8-5-7-13(17)10-14/h5,7-8,10,12H,2-4,6,9,11H2,1H3,(H,18,20). The lowest BCUT2D eigenvalue weighted by Gasteiger charge is -2.19. The van der Waals surface area contributed by atoms with E-state index in [2.05, 4.69) is 14.8 Å². The first kappa shape index (κ1) is 17.2. The molecular weight excluding hydrogens is 348 g/mol. The van der Waals surface area contributed by atoms with Crippen molar-refractivity contribution < 1.29 is 8.42 Å². The molecule has 24 heavy (non-hydrogen) atoms. The normalized spacial score (nSPS) is 21.4. The van der Waals surface area contributed by atoms with E-state index in [1.165, 1.54) is 18.6 Å². The van der Waals surface area contributed by atoms with Crippen molar-refractivity contribution in [1.29, 1.82) is 0 Å². The van der Waals surface area contributed by atoms with Crippen molar-refractivity contribution in [2.24, 2.45) is 15.4 Å². The summed E-state index contributed by atoms with van der Waals surface area (Å²) >= 11 is 5.90. The molecule has 1 aromatic carbocycles. The number of hydrogen-bond acceptors (Lipinski definition) is 3. The number of hydrazone groups is 1. The quantitative estimate of drug-likeness (QED) is 0.657. The van der Waals surface area contributed by atoms with Gasteiger partial charge in [0.25, 0.3) is 10.0 Å². The molecule has 1 atom stereocenters. The van der Waals surface area contributed by atoms with Crippen LogP contribution in [-0.4, -0.2) is 38.2 Å². The van der Waals surface area contributed by atoms with Crippen LogP contribution in [0.15, 0.2) is 38.7 Å². The first-order chi connectivity index (χ1) is 11.5. The maximum absolute atomic E-state index is 12.6. The van der Waals surface area contributed by atoms with Gasteiger partial charge in [0, 0.05) is 23.2 Å². The number of nitrogens with one attached hydrogen (secondary N) is 1. The van der Waals surface area contributed by atoms with E-state index in [4.69, 9.17) is 11.6 Å². The number of fused-ring (bicyclic) bond motifs is 1. The lowest BCUT2D eigenvalue weighted by Crippen LogP contribution is -2.38. The molecule has 1 N–H and O–H groups in total. The summed E-state index contributed by atoms with van der Waals surface area (Å²) in [6.45, 7) is 3.15. The molecule has 0 bridgehead atoms. The van der Waals surface area contributed by atoms with Gasteiger partial charge >= 0.3 is 0 Å². The zero-order valence-electron chi connectivity index (χ0n) is 13.6. The predicted octanol–water partition coefficient (Wildman–Crippen LogP) is 2.86. The van der Waals surface area contributed by atoms with E-state index in [0.29, 0.717) is 24.0 Å². The number of benzene rings is 1. The van der Waals surface area contributed by atoms with Gasteiger partial charge in [-0.25, -0.2) is 5.01 Å². The topological polar surface area (TPSA) is 74.1 Å². The lowest BCUT2D eigenvalue weighted by molar-refractivity contribution is 0.410. The summed E-state index contributed by atoms with van der Waals surface area (Å²) in [5, 5.41) is 9.68. The van der Waals surface area contributed by atoms with Crippen molar-refractivity contribution in [3.63, 3.8) is 0 Å². The third-order valence-electron chi connectivity index (χ3n) is 4.23. The van der Waals surface area contributed by atoms with Crippen LogP contribution >= 0.6 is 11.6 Å². The number of sulfonamides is 1. The second-order valence-electron chi connectivity index (χ2n) is 5.99. The van der Waals surface area contributed by atoms with Crippen molar-refractivity contribution in [3.05, 3.63) is 29.3 Å². The highest BCUT2D eigenvalue weighted by molar-refractivity contribution is 7.90. The molecule has 0 amide bonds. The smallest absolute Gasteiger partial charge is 0.285 e. The molecule has 1 saturated carbocycles. The number of nitrogens with zero attached hydrogens (tertiary/aromatic N) is 3. The Morgan fingerprint density at radius 2 is 2.29 bits per heavy atom. The van der Waals surface area contributed by atoms with Gasteiger partial charge in [0.15, 0.2) is 0 Å². The average molecular weight is 369 g/mol. The van der Waals surface area contributed by atoms with Crippen LogP contribution in [0.2, 0.25) is 5.02 Å². The zero-order chi connectivity index (χ0) is 17.2. The molecule has 0 aromatic heterocycles. The highest BCUT2D eigenvalue weighted by Crippen LogP contribution is 2.28. The number of guanidine groups is 1. The Labute approximate surface area is 147 Å². The van der Waals surface area contributed by atoms with Gasteiger partial charge in [0.05, 0.1) is 11.4 Å².